The van der Waals surface area contributed by atoms with Crippen LogP contribution in [0.3, 0.4) is 0 Å². The second-order valence-electron chi connectivity index (χ2n) is 7.41. The number of oxazole rings is 1. The Hall–Kier alpha value is -4.20. The van der Waals surface area contributed by atoms with Crippen LogP contribution in [0.5, 0.6) is 5.75 Å². The van der Waals surface area contributed by atoms with Crippen molar-refractivity contribution in [1.29, 1.82) is 0 Å². The molecule has 1 N–H and O–H groups in total. The Labute approximate surface area is 183 Å². The third-order valence-electron chi connectivity index (χ3n) is 5.22. The Morgan fingerprint density at radius 3 is 2.69 bits per heavy atom. The Balaban J connectivity index is 1.50. The Kier molecular flexibility index (Phi) is 4.82. The number of hydrogen-bond acceptors (Lipinski definition) is 6. The zero-order valence-corrected chi connectivity index (χ0v) is 17.8. The van der Waals surface area contributed by atoms with Crippen LogP contribution in [0.2, 0.25) is 0 Å². The average Bonchev–Trinajstić information content (AvgIpc) is 3.41. The van der Waals surface area contributed by atoms with Crippen molar-refractivity contribution in [2.45, 2.75) is 13.8 Å². The number of ether oxygens (including phenoxy) is 1. The molecule has 3 heterocycles. The lowest BCUT2D eigenvalue weighted by Gasteiger charge is -2.08. The summed E-state index contributed by atoms with van der Waals surface area (Å²) in [5.41, 5.74) is 5.09. The predicted molar refractivity (Wildman–Crippen MR) is 120 cm³/mol. The van der Waals surface area contributed by atoms with E-state index in [1.54, 1.807) is 38.7 Å². The summed E-state index contributed by atoms with van der Waals surface area (Å²) in [6.07, 6.45) is 6.77. The van der Waals surface area contributed by atoms with Gasteiger partial charge in [0, 0.05) is 24.4 Å². The van der Waals surface area contributed by atoms with Gasteiger partial charge in [-0.05, 0) is 42.8 Å². The topological polar surface area (TPSA) is 77.5 Å². The number of methoxy groups -OCH3 is 1. The highest BCUT2D eigenvalue weighted by Crippen LogP contribution is 2.31. The molecule has 0 aliphatic heterocycles. The molecule has 0 aliphatic rings. The van der Waals surface area contributed by atoms with E-state index in [2.05, 4.69) is 15.3 Å². The second-order valence-corrected chi connectivity index (χ2v) is 7.41. The maximum absolute atomic E-state index is 14.7. The van der Waals surface area contributed by atoms with Crippen molar-refractivity contribution in [1.82, 2.24) is 19.4 Å². The van der Waals surface area contributed by atoms with E-state index < -0.39 is 5.82 Å². The van der Waals surface area contributed by atoms with Gasteiger partial charge in [-0.25, -0.2) is 19.3 Å². The molecule has 0 radical (unpaired) electrons. The van der Waals surface area contributed by atoms with Crippen LogP contribution < -0.4 is 10.1 Å². The summed E-state index contributed by atoms with van der Waals surface area (Å²) in [4.78, 5) is 13.1. The summed E-state index contributed by atoms with van der Waals surface area (Å²) >= 11 is 0. The van der Waals surface area contributed by atoms with Gasteiger partial charge in [0.1, 0.15) is 23.6 Å². The molecular formula is C24H20FN5O2. The SMILES string of the molecule is COc1ccc(C)c(-c2cn3cncc(Nc4ccc(-c5cnc(C)o5)c(F)c4)c3n2)c1. The molecule has 7 nitrogen and oxygen atoms in total. The number of hydrogen-bond donors (Lipinski definition) is 1. The summed E-state index contributed by atoms with van der Waals surface area (Å²) in [6.45, 7) is 3.74. The molecule has 3 aromatic heterocycles. The Bertz CT molecular complexity index is 1440. The largest absolute Gasteiger partial charge is 0.497 e. The maximum atomic E-state index is 14.7. The van der Waals surface area contributed by atoms with Gasteiger partial charge in [-0.1, -0.05) is 6.07 Å². The van der Waals surface area contributed by atoms with Crippen LogP contribution in [0.25, 0.3) is 28.2 Å². The van der Waals surface area contributed by atoms with Gasteiger partial charge in [-0.3, -0.25) is 4.40 Å². The Morgan fingerprint density at radius 2 is 1.94 bits per heavy atom. The van der Waals surface area contributed by atoms with Gasteiger partial charge in [0.15, 0.2) is 17.3 Å². The van der Waals surface area contributed by atoms with Gasteiger partial charge in [0.05, 0.1) is 30.8 Å². The van der Waals surface area contributed by atoms with Crippen LogP contribution >= 0.6 is 0 Å². The van der Waals surface area contributed by atoms with Gasteiger partial charge in [-0.2, -0.15) is 0 Å². The minimum atomic E-state index is -0.415. The number of halogens is 1. The normalized spacial score (nSPS) is 11.1. The highest BCUT2D eigenvalue weighted by atomic mass is 19.1. The van der Waals surface area contributed by atoms with E-state index in [4.69, 9.17) is 14.1 Å². The van der Waals surface area contributed by atoms with Gasteiger partial charge in [0.25, 0.3) is 0 Å². The molecule has 0 aliphatic carbocycles. The van der Waals surface area contributed by atoms with Crippen molar-refractivity contribution in [3.8, 4) is 28.3 Å². The quantitative estimate of drug-likeness (QED) is 0.394. The van der Waals surface area contributed by atoms with Crippen molar-refractivity contribution in [3.05, 3.63) is 78.6 Å². The fourth-order valence-electron chi connectivity index (χ4n) is 3.57. The van der Waals surface area contributed by atoms with Crippen LogP contribution in [0.15, 0.2) is 65.7 Å². The van der Waals surface area contributed by atoms with E-state index in [1.165, 1.54) is 12.3 Å². The molecule has 8 heteroatoms. The van der Waals surface area contributed by atoms with E-state index in [1.807, 2.05) is 35.7 Å². The van der Waals surface area contributed by atoms with Gasteiger partial charge in [0.2, 0.25) is 0 Å². The number of fused-ring (bicyclic) bond motifs is 1. The molecule has 0 bridgehead atoms. The number of rotatable bonds is 5. The number of imidazole rings is 1. The minimum Gasteiger partial charge on any atom is -0.497 e. The lowest BCUT2D eigenvalue weighted by molar-refractivity contribution is 0.415. The van der Waals surface area contributed by atoms with E-state index >= 15 is 0 Å². The summed E-state index contributed by atoms with van der Waals surface area (Å²) in [5.74, 6) is 1.22. The zero-order valence-electron chi connectivity index (χ0n) is 17.8. The van der Waals surface area contributed by atoms with Crippen LogP contribution in [0, 0.1) is 19.7 Å². The molecule has 160 valence electrons. The van der Waals surface area contributed by atoms with E-state index in [0.29, 0.717) is 34.2 Å². The molecule has 5 aromatic rings. The van der Waals surface area contributed by atoms with Crippen LogP contribution in [0.4, 0.5) is 15.8 Å². The fraction of sp³-hybridized carbons (Fsp3) is 0.125. The number of aryl methyl sites for hydroxylation is 2. The molecule has 5 rings (SSSR count). The molecule has 0 saturated carbocycles. The summed E-state index contributed by atoms with van der Waals surface area (Å²) in [6, 6.07) is 10.7. The number of nitrogens with zero attached hydrogens (tertiary/aromatic N) is 4. The first kappa shape index (κ1) is 19.7. The fourth-order valence-corrected chi connectivity index (χ4v) is 3.57. The molecule has 0 unspecified atom stereocenters. The van der Waals surface area contributed by atoms with Crippen molar-refractivity contribution in [2.75, 3.05) is 12.4 Å². The molecular weight excluding hydrogens is 409 g/mol. The molecule has 0 spiro atoms. The maximum Gasteiger partial charge on any atom is 0.191 e. The molecule has 2 aromatic carbocycles. The number of aromatic nitrogens is 4. The van der Waals surface area contributed by atoms with Crippen molar-refractivity contribution in [3.63, 3.8) is 0 Å². The van der Waals surface area contributed by atoms with Crippen molar-refractivity contribution in [2.24, 2.45) is 0 Å². The first-order valence-electron chi connectivity index (χ1n) is 9.99. The van der Waals surface area contributed by atoms with Crippen molar-refractivity contribution < 1.29 is 13.5 Å². The zero-order chi connectivity index (χ0) is 22.2. The van der Waals surface area contributed by atoms with E-state index in [0.717, 1.165) is 22.6 Å². The molecule has 0 fully saturated rings. The highest BCUT2D eigenvalue weighted by molar-refractivity contribution is 5.77. The lowest BCUT2D eigenvalue weighted by Crippen LogP contribution is -1.97. The second kappa shape index (κ2) is 7.81. The molecule has 0 atom stereocenters. The van der Waals surface area contributed by atoms with Gasteiger partial charge in [-0.15, -0.1) is 0 Å². The summed E-state index contributed by atoms with van der Waals surface area (Å²) in [5, 5.41) is 3.22. The summed E-state index contributed by atoms with van der Waals surface area (Å²) in [7, 11) is 1.64. The standard InChI is InChI=1S/C24H20FN5O2/c1-14-4-6-17(31-3)9-19(14)22-12-30-13-26-10-21(24(30)29-22)28-16-5-7-18(20(25)8-16)23-11-27-15(2)32-23/h4-13,28H,1-3H3. The van der Waals surface area contributed by atoms with E-state index in [-0.39, 0.29) is 0 Å². The third-order valence-corrected chi connectivity index (χ3v) is 5.22. The van der Waals surface area contributed by atoms with E-state index in [9.17, 15) is 4.39 Å². The average molecular weight is 429 g/mol. The monoisotopic (exact) mass is 429 g/mol. The highest BCUT2D eigenvalue weighted by Gasteiger charge is 2.14. The van der Waals surface area contributed by atoms with Crippen molar-refractivity contribution >= 4 is 17.0 Å². The minimum absolute atomic E-state index is 0.351. The number of anilines is 2. The molecule has 0 saturated heterocycles. The lowest BCUT2D eigenvalue weighted by atomic mass is 10.1. The number of nitrogens with one attached hydrogen (secondary N) is 1. The smallest absolute Gasteiger partial charge is 0.191 e. The molecule has 32 heavy (non-hydrogen) atoms. The predicted octanol–water partition coefficient (Wildman–Crippen LogP) is 5.56. The van der Waals surface area contributed by atoms with Crippen LogP contribution in [0.1, 0.15) is 11.5 Å². The van der Waals surface area contributed by atoms with Gasteiger partial charge >= 0.3 is 0 Å². The Morgan fingerprint density at radius 1 is 1.06 bits per heavy atom. The van der Waals surface area contributed by atoms with Gasteiger partial charge < -0.3 is 14.5 Å². The number of benzene rings is 2. The first-order chi connectivity index (χ1) is 15.5. The van der Waals surface area contributed by atoms with Crippen LogP contribution in [-0.2, 0) is 0 Å². The third kappa shape index (κ3) is 3.56. The van der Waals surface area contributed by atoms with Crippen LogP contribution in [-0.4, -0.2) is 26.5 Å². The summed E-state index contributed by atoms with van der Waals surface area (Å²) < 4.78 is 27.3. The molecule has 0 amide bonds. The first-order valence-corrected chi connectivity index (χ1v) is 9.99.